The van der Waals surface area contributed by atoms with Crippen LogP contribution in [0, 0.1) is 0 Å². The summed E-state index contributed by atoms with van der Waals surface area (Å²) >= 11 is 0. The summed E-state index contributed by atoms with van der Waals surface area (Å²) in [4.78, 5) is 10.8. The second-order valence-electron chi connectivity index (χ2n) is 8.01. The molecule has 0 heterocycles. The third-order valence-corrected chi connectivity index (χ3v) is 5.55. The fraction of sp³-hybridized carbons (Fsp3) is 0.192. The van der Waals surface area contributed by atoms with Crippen molar-refractivity contribution >= 4 is 18.4 Å². The van der Waals surface area contributed by atoms with Gasteiger partial charge in [-0.2, -0.15) is 0 Å². The van der Waals surface area contributed by atoms with Gasteiger partial charge in [0.15, 0.2) is 0 Å². The van der Waals surface area contributed by atoms with Crippen LogP contribution in [0.5, 0.6) is 5.75 Å². The average molecular weight is 368 g/mol. The number of carbonyl (C=O) groups excluding carboxylic acids is 1. The van der Waals surface area contributed by atoms with Gasteiger partial charge >= 0.3 is 0 Å². The van der Waals surface area contributed by atoms with E-state index in [4.69, 9.17) is 4.74 Å². The first kappa shape index (κ1) is 18.2. The summed E-state index contributed by atoms with van der Waals surface area (Å²) in [6.45, 7) is 4.62. The first-order valence-corrected chi connectivity index (χ1v) is 9.55. The topological polar surface area (TPSA) is 26.3 Å². The Bertz CT molecular complexity index is 1060. The summed E-state index contributed by atoms with van der Waals surface area (Å²) < 4.78 is 5.46. The number of hydrogen-bond donors (Lipinski definition) is 0. The molecule has 0 radical (unpaired) electrons. The molecule has 0 aliphatic heterocycles. The van der Waals surface area contributed by atoms with Crippen molar-refractivity contribution < 1.29 is 9.53 Å². The van der Waals surface area contributed by atoms with Gasteiger partial charge in [0.05, 0.1) is 7.11 Å². The van der Waals surface area contributed by atoms with Crippen LogP contribution in [0.2, 0.25) is 0 Å². The molecule has 0 bridgehead atoms. The van der Waals surface area contributed by atoms with Crippen molar-refractivity contribution in [2.24, 2.45) is 0 Å². The molecule has 0 unspecified atom stereocenters. The minimum atomic E-state index is 0.101. The number of aldehydes is 1. The number of ether oxygens (including phenoxy) is 1. The summed E-state index contributed by atoms with van der Waals surface area (Å²) in [5.74, 6) is 0.889. The largest absolute Gasteiger partial charge is 0.497 e. The minimum absolute atomic E-state index is 0.101. The van der Waals surface area contributed by atoms with E-state index in [1.165, 1.54) is 22.3 Å². The van der Waals surface area contributed by atoms with Gasteiger partial charge in [0.1, 0.15) is 12.0 Å². The van der Waals surface area contributed by atoms with Gasteiger partial charge in [-0.1, -0.05) is 68.5 Å². The van der Waals surface area contributed by atoms with E-state index in [2.05, 4.69) is 56.3 Å². The minimum Gasteiger partial charge on any atom is -0.497 e. The van der Waals surface area contributed by atoms with E-state index in [-0.39, 0.29) is 5.41 Å². The highest BCUT2D eigenvalue weighted by molar-refractivity contribution is 5.81. The Kier molecular flexibility index (Phi) is 4.64. The highest BCUT2D eigenvalue weighted by atomic mass is 16.5. The van der Waals surface area contributed by atoms with E-state index in [1.54, 1.807) is 7.11 Å². The van der Waals surface area contributed by atoms with E-state index >= 15 is 0 Å². The van der Waals surface area contributed by atoms with Crippen molar-refractivity contribution in [2.75, 3.05) is 7.11 Å². The first-order chi connectivity index (χ1) is 13.5. The Morgan fingerprint density at radius 1 is 0.821 bits per heavy atom. The third-order valence-electron chi connectivity index (χ3n) is 5.55. The SMILES string of the molecule is COc1ccc2c(c1)-c1cc(/C=C/c3ccc(C=O)cc3)ccc1C(C)(C)C2. The standard InChI is InChI=1S/C26H24O2/c1-26(2)16-21-11-12-22(28-3)15-23(21)24-14-19(10-13-25(24)26)7-4-18-5-8-20(17-27)9-6-18/h4-15,17H,16H2,1-3H3/b7-4+. The normalized spacial score (nSPS) is 14.4. The predicted octanol–water partition coefficient (Wildman–Crippen LogP) is 6.18. The molecule has 3 aromatic rings. The van der Waals surface area contributed by atoms with Gasteiger partial charge in [-0.15, -0.1) is 0 Å². The zero-order valence-electron chi connectivity index (χ0n) is 16.5. The first-order valence-electron chi connectivity index (χ1n) is 9.55. The lowest BCUT2D eigenvalue weighted by Crippen LogP contribution is -2.25. The van der Waals surface area contributed by atoms with Crippen molar-refractivity contribution in [3.05, 3.63) is 88.5 Å². The van der Waals surface area contributed by atoms with Crippen molar-refractivity contribution in [3.63, 3.8) is 0 Å². The Labute approximate surface area is 166 Å². The Morgan fingerprint density at radius 2 is 1.50 bits per heavy atom. The summed E-state index contributed by atoms with van der Waals surface area (Å²) in [6, 6.07) is 20.7. The highest BCUT2D eigenvalue weighted by Gasteiger charge is 2.31. The zero-order chi connectivity index (χ0) is 19.7. The maximum atomic E-state index is 10.8. The lowest BCUT2D eigenvalue weighted by molar-refractivity contribution is 0.112. The summed E-state index contributed by atoms with van der Waals surface area (Å²) in [6.07, 6.45) is 6.09. The van der Waals surface area contributed by atoms with Crippen LogP contribution in [0.25, 0.3) is 23.3 Å². The molecule has 2 heteroatoms. The molecule has 0 saturated heterocycles. The van der Waals surface area contributed by atoms with E-state index in [0.717, 1.165) is 29.6 Å². The maximum Gasteiger partial charge on any atom is 0.150 e. The van der Waals surface area contributed by atoms with Crippen LogP contribution in [0.4, 0.5) is 0 Å². The van der Waals surface area contributed by atoms with Crippen LogP contribution in [-0.4, -0.2) is 13.4 Å². The molecule has 0 atom stereocenters. The fourth-order valence-corrected chi connectivity index (χ4v) is 4.02. The molecular weight excluding hydrogens is 344 g/mol. The van der Waals surface area contributed by atoms with Crippen molar-refractivity contribution in [1.82, 2.24) is 0 Å². The lowest BCUT2D eigenvalue weighted by Gasteiger charge is -2.34. The van der Waals surface area contributed by atoms with Crippen LogP contribution >= 0.6 is 0 Å². The van der Waals surface area contributed by atoms with Gasteiger partial charge < -0.3 is 4.74 Å². The highest BCUT2D eigenvalue weighted by Crippen LogP contribution is 2.44. The smallest absolute Gasteiger partial charge is 0.150 e. The van der Waals surface area contributed by atoms with Gasteiger partial charge in [0, 0.05) is 5.56 Å². The lowest BCUT2D eigenvalue weighted by atomic mass is 9.70. The molecule has 0 spiro atoms. The molecule has 3 aromatic carbocycles. The second-order valence-corrected chi connectivity index (χ2v) is 8.01. The van der Waals surface area contributed by atoms with Gasteiger partial charge in [-0.3, -0.25) is 4.79 Å². The van der Waals surface area contributed by atoms with E-state index < -0.39 is 0 Å². The van der Waals surface area contributed by atoms with Gasteiger partial charge in [-0.25, -0.2) is 0 Å². The second kappa shape index (κ2) is 7.12. The molecule has 2 nitrogen and oxygen atoms in total. The Hall–Kier alpha value is -3.13. The predicted molar refractivity (Wildman–Crippen MR) is 116 cm³/mol. The molecule has 4 rings (SSSR count). The molecule has 1 aliphatic carbocycles. The van der Waals surface area contributed by atoms with Crippen LogP contribution in [0.3, 0.4) is 0 Å². The van der Waals surface area contributed by atoms with Crippen LogP contribution < -0.4 is 4.74 Å². The number of carbonyl (C=O) groups is 1. The Balaban J connectivity index is 1.74. The van der Waals surface area contributed by atoms with Crippen molar-refractivity contribution in [1.29, 1.82) is 0 Å². The fourth-order valence-electron chi connectivity index (χ4n) is 4.02. The number of hydrogen-bond acceptors (Lipinski definition) is 2. The van der Waals surface area contributed by atoms with Crippen LogP contribution in [0.15, 0.2) is 60.7 Å². The number of rotatable bonds is 4. The molecule has 140 valence electrons. The van der Waals surface area contributed by atoms with E-state index in [9.17, 15) is 4.79 Å². The zero-order valence-corrected chi connectivity index (χ0v) is 16.5. The molecule has 0 N–H and O–H groups in total. The van der Waals surface area contributed by atoms with Crippen LogP contribution in [0.1, 0.15) is 46.5 Å². The molecule has 0 saturated carbocycles. The molecule has 28 heavy (non-hydrogen) atoms. The van der Waals surface area contributed by atoms with E-state index in [0.29, 0.717) is 5.56 Å². The molecule has 0 amide bonds. The Morgan fingerprint density at radius 3 is 2.21 bits per heavy atom. The molecule has 0 fully saturated rings. The van der Waals surface area contributed by atoms with Gasteiger partial charge in [-0.05, 0) is 63.4 Å². The molecular formula is C26H24O2. The number of fused-ring (bicyclic) bond motifs is 3. The summed E-state index contributed by atoms with van der Waals surface area (Å²) in [5.41, 5.74) is 8.31. The quantitative estimate of drug-likeness (QED) is 0.406. The van der Waals surface area contributed by atoms with Gasteiger partial charge in [0.25, 0.3) is 0 Å². The molecule has 0 aromatic heterocycles. The summed E-state index contributed by atoms with van der Waals surface area (Å²) in [7, 11) is 1.71. The van der Waals surface area contributed by atoms with Crippen molar-refractivity contribution in [2.45, 2.75) is 25.7 Å². The average Bonchev–Trinajstić information content (AvgIpc) is 2.72. The third kappa shape index (κ3) is 3.38. The molecule has 1 aliphatic rings. The van der Waals surface area contributed by atoms with Gasteiger partial charge in [0.2, 0.25) is 0 Å². The number of methoxy groups -OCH3 is 1. The van der Waals surface area contributed by atoms with E-state index in [1.807, 2.05) is 30.3 Å². The van der Waals surface area contributed by atoms with Crippen molar-refractivity contribution in [3.8, 4) is 16.9 Å². The monoisotopic (exact) mass is 368 g/mol. The number of benzene rings is 3. The summed E-state index contributed by atoms with van der Waals surface area (Å²) in [5, 5.41) is 0. The van der Waals surface area contributed by atoms with Crippen LogP contribution in [-0.2, 0) is 11.8 Å². The maximum absolute atomic E-state index is 10.8.